The number of likely N-dealkylation sites (tertiary alicyclic amines) is 5. The number of nitro groups is 3. The molecule has 5 fully saturated rings. The summed E-state index contributed by atoms with van der Waals surface area (Å²) in [5.74, 6) is 4.59. The summed E-state index contributed by atoms with van der Waals surface area (Å²) in [6.07, 6.45) is 22.1. The summed E-state index contributed by atoms with van der Waals surface area (Å²) in [7, 11) is 0. The molecule has 5 aliphatic heterocycles. The van der Waals surface area contributed by atoms with Gasteiger partial charge in [0.2, 0.25) is 0 Å². The van der Waals surface area contributed by atoms with Crippen molar-refractivity contribution in [3.05, 3.63) is 163 Å². The zero-order valence-electron chi connectivity index (χ0n) is 58.6. The molecule has 5 aromatic carbocycles. The van der Waals surface area contributed by atoms with E-state index in [4.69, 9.17) is 34.2 Å². The van der Waals surface area contributed by atoms with Gasteiger partial charge in [-0.25, -0.2) is 4.39 Å². The molecule has 3 atom stereocenters. The molecule has 3 unspecified atom stereocenters. The van der Waals surface area contributed by atoms with Crippen LogP contribution in [0.15, 0.2) is 115 Å². The molecular formula is C76H107FN10O11. The molecule has 0 saturated carbocycles. The minimum atomic E-state index is -0.518. The standard InChI is InChI=1S/C16H22N2O.C15H19FN2O.3C15H22N2O3/c1-14-5-2-3-10-18(14)11-4-12-19-16-8-6-15(13-17)7-9-16;16-15-11-14(6-5-13(15)12-17)19-10-4-9-18-7-2-1-3-8-18;1-13-7-10-16(11-8-13)9-2-12-20-15-5-3-14(4-6-15)17(18)19;1-13-4-2-9-16(12-13)10-3-11-20-15-7-5-14(6-8-15)17(18)19;1-13-5-2-3-10-16(13)11-4-12-20-15-8-6-14(7-9-15)17(18)19/h6-9,14H,2-5,10-12H2,1H3;5-6,11H,1-4,7-10H2;3-6,13H,2,7-12H2,1H3;5-8,13H,2-4,9-12H2,1H3;6-9,13H,2-5,10-12H2,1H3. The number of benzene rings is 5. The van der Waals surface area contributed by atoms with Gasteiger partial charge in [-0.05, 0) is 241 Å². The molecule has 0 spiro atoms. The Morgan fingerprint density at radius 2 is 0.776 bits per heavy atom. The first-order valence-electron chi connectivity index (χ1n) is 35.8. The van der Waals surface area contributed by atoms with Crippen LogP contribution in [0.2, 0.25) is 0 Å². The van der Waals surface area contributed by atoms with E-state index in [0.717, 1.165) is 95.1 Å². The van der Waals surface area contributed by atoms with Crippen molar-refractivity contribution in [3.63, 3.8) is 0 Å². The molecule has 0 bridgehead atoms. The molecular weight excluding hydrogens is 1250 g/mol. The van der Waals surface area contributed by atoms with Gasteiger partial charge in [0.15, 0.2) is 0 Å². The highest BCUT2D eigenvalue weighted by Crippen LogP contribution is 2.24. The molecule has 5 aromatic rings. The SMILES string of the molecule is CC1CCCCN1CCCOc1ccc(C#N)cc1.CC1CCCCN1CCCOc1ccc([N+](=O)[O-])cc1.CC1CCCN(CCCOc2ccc([N+](=O)[O-])cc2)C1.CC1CCN(CCCOc2ccc([N+](=O)[O-])cc2)CC1.N#Cc1ccc(OCCCN2CCCCC2)cc1F. The monoisotopic (exact) mass is 1350 g/mol. The maximum Gasteiger partial charge on any atom is 0.269 e. The van der Waals surface area contributed by atoms with E-state index < -0.39 is 20.6 Å². The lowest BCUT2D eigenvalue weighted by molar-refractivity contribution is -0.385. The van der Waals surface area contributed by atoms with Crippen LogP contribution in [0.4, 0.5) is 21.5 Å². The second-order valence-corrected chi connectivity index (χ2v) is 26.4. The van der Waals surface area contributed by atoms with E-state index in [9.17, 15) is 34.7 Å². The van der Waals surface area contributed by atoms with Crippen molar-refractivity contribution in [1.29, 1.82) is 10.5 Å². The summed E-state index contributed by atoms with van der Waals surface area (Å²) < 4.78 is 41.4. The van der Waals surface area contributed by atoms with Gasteiger partial charge in [0.25, 0.3) is 17.1 Å². The molecule has 21 nitrogen and oxygen atoms in total. The Morgan fingerprint density at radius 1 is 0.408 bits per heavy atom. The molecule has 0 radical (unpaired) electrons. The fraction of sp³-hybridized carbons (Fsp3) is 0.579. The van der Waals surface area contributed by atoms with Crippen molar-refractivity contribution >= 4 is 17.1 Å². The molecule has 0 N–H and O–H groups in total. The van der Waals surface area contributed by atoms with Crippen LogP contribution in [0.1, 0.15) is 154 Å². The topological polar surface area (TPSA) is 239 Å². The Morgan fingerprint density at radius 3 is 1.16 bits per heavy atom. The van der Waals surface area contributed by atoms with Gasteiger partial charge in [-0.3, -0.25) is 30.3 Å². The number of rotatable bonds is 28. The Kier molecular flexibility index (Phi) is 36.7. The summed E-state index contributed by atoms with van der Waals surface area (Å²) in [5.41, 5.74) is 1.02. The van der Waals surface area contributed by atoms with Crippen LogP contribution in [0.25, 0.3) is 0 Å². The van der Waals surface area contributed by atoms with E-state index in [1.165, 1.54) is 184 Å². The third kappa shape index (κ3) is 31.3. The van der Waals surface area contributed by atoms with E-state index in [1.807, 2.05) is 12.1 Å². The summed E-state index contributed by atoms with van der Waals surface area (Å²) in [6, 6.07) is 35.8. The van der Waals surface area contributed by atoms with Gasteiger partial charge in [0.1, 0.15) is 40.6 Å². The van der Waals surface area contributed by atoms with Crippen LogP contribution < -0.4 is 23.7 Å². The van der Waals surface area contributed by atoms with Gasteiger partial charge < -0.3 is 48.2 Å². The van der Waals surface area contributed by atoms with Crippen LogP contribution in [-0.2, 0) is 0 Å². The predicted molar refractivity (Wildman–Crippen MR) is 382 cm³/mol. The predicted octanol–water partition coefficient (Wildman–Crippen LogP) is 15.6. The van der Waals surface area contributed by atoms with Crippen LogP contribution in [0, 0.1) is 70.7 Å². The van der Waals surface area contributed by atoms with E-state index in [0.29, 0.717) is 61.0 Å². The van der Waals surface area contributed by atoms with Gasteiger partial charge >= 0.3 is 0 Å². The Balaban J connectivity index is 0.000000193. The van der Waals surface area contributed by atoms with E-state index in [1.54, 1.807) is 60.7 Å². The average molecular weight is 1360 g/mol. The fourth-order valence-electron chi connectivity index (χ4n) is 12.6. The van der Waals surface area contributed by atoms with Crippen LogP contribution in [0.3, 0.4) is 0 Å². The van der Waals surface area contributed by atoms with Gasteiger partial charge in [-0.15, -0.1) is 0 Å². The molecule has 5 heterocycles. The minimum absolute atomic E-state index is 0.0562. The van der Waals surface area contributed by atoms with Crippen molar-refractivity contribution in [2.45, 2.75) is 155 Å². The molecule has 5 aliphatic rings. The fourth-order valence-corrected chi connectivity index (χ4v) is 12.6. The number of hydrogen-bond acceptors (Lipinski definition) is 18. The second-order valence-electron chi connectivity index (χ2n) is 26.4. The maximum atomic E-state index is 13.3. The lowest BCUT2D eigenvalue weighted by atomic mass is 9.99. The highest BCUT2D eigenvalue weighted by Gasteiger charge is 2.21. The maximum absolute atomic E-state index is 13.3. The molecule has 10 rings (SSSR count). The smallest absolute Gasteiger partial charge is 0.269 e. The number of nitrogens with zero attached hydrogens (tertiary/aromatic N) is 10. The molecule has 0 aliphatic carbocycles. The summed E-state index contributed by atoms with van der Waals surface area (Å²) >= 11 is 0. The van der Waals surface area contributed by atoms with Gasteiger partial charge in [-0.2, -0.15) is 10.5 Å². The Bertz CT molecular complexity index is 3140. The van der Waals surface area contributed by atoms with Crippen molar-refractivity contribution < 1.29 is 42.8 Å². The van der Waals surface area contributed by atoms with Gasteiger partial charge in [0.05, 0.1) is 65.0 Å². The molecule has 534 valence electrons. The zero-order chi connectivity index (χ0) is 70.1. The largest absolute Gasteiger partial charge is 0.494 e. The normalized spacial score (nSPS) is 18.5. The van der Waals surface area contributed by atoms with Crippen molar-refractivity contribution in [2.75, 3.05) is 118 Å². The van der Waals surface area contributed by atoms with Gasteiger partial charge in [-0.1, -0.05) is 33.1 Å². The van der Waals surface area contributed by atoms with Gasteiger partial charge in [0, 0.05) is 93.8 Å². The molecule has 0 amide bonds. The molecule has 98 heavy (non-hydrogen) atoms. The van der Waals surface area contributed by atoms with Crippen molar-refractivity contribution in [1.82, 2.24) is 24.5 Å². The zero-order valence-corrected chi connectivity index (χ0v) is 58.6. The molecule has 22 heteroatoms. The number of nitriles is 2. The van der Waals surface area contributed by atoms with E-state index >= 15 is 0 Å². The Hall–Kier alpha value is -7.99. The number of ether oxygens (including phenoxy) is 5. The average Bonchev–Trinajstić information content (AvgIpc) is 1.37. The minimum Gasteiger partial charge on any atom is -0.494 e. The summed E-state index contributed by atoms with van der Waals surface area (Å²) in [4.78, 5) is 42.9. The quantitative estimate of drug-likeness (QED) is 0.0257. The summed E-state index contributed by atoms with van der Waals surface area (Å²) in [6.45, 7) is 27.5. The number of non-ortho nitro benzene ring substituents is 3. The second kappa shape index (κ2) is 45.6. The first-order valence-corrected chi connectivity index (χ1v) is 35.8. The van der Waals surface area contributed by atoms with Crippen LogP contribution >= 0.6 is 0 Å². The third-order valence-electron chi connectivity index (χ3n) is 18.5. The number of halogens is 1. The molecule has 0 aromatic heterocycles. The highest BCUT2D eigenvalue weighted by molar-refractivity contribution is 5.39. The van der Waals surface area contributed by atoms with Crippen molar-refractivity contribution in [3.8, 4) is 40.9 Å². The van der Waals surface area contributed by atoms with Crippen molar-refractivity contribution in [2.24, 2.45) is 11.8 Å². The van der Waals surface area contributed by atoms with E-state index in [2.05, 4.69) is 58.3 Å². The lowest BCUT2D eigenvalue weighted by Gasteiger charge is -2.33. The first-order chi connectivity index (χ1) is 47.5. The van der Waals surface area contributed by atoms with Crippen LogP contribution in [0.5, 0.6) is 28.7 Å². The highest BCUT2D eigenvalue weighted by atomic mass is 19.1. The number of nitro benzene ring substituents is 3. The molecule has 5 saturated heterocycles. The summed E-state index contributed by atoms with van der Waals surface area (Å²) in [5, 5.41) is 48.9. The lowest BCUT2D eigenvalue weighted by Crippen LogP contribution is -2.38. The first kappa shape index (κ1) is 79.0. The van der Waals surface area contributed by atoms with E-state index in [-0.39, 0.29) is 22.6 Å². The van der Waals surface area contributed by atoms with Crippen LogP contribution in [-0.4, -0.2) is 169 Å². The number of piperidine rings is 5. The Labute approximate surface area is 581 Å². The third-order valence-corrected chi connectivity index (χ3v) is 18.5. The number of hydrogen-bond donors (Lipinski definition) is 0.